The molecule has 0 aliphatic carbocycles. The SMILES string of the molecule is CCc1ccc(N2C(=O)C(C)(C)CS2(=O)=O)cc1. The number of anilines is 1. The van der Waals surface area contributed by atoms with Crippen molar-refractivity contribution in [1.82, 2.24) is 0 Å². The van der Waals surface area contributed by atoms with E-state index in [2.05, 4.69) is 0 Å². The lowest BCUT2D eigenvalue weighted by Gasteiger charge is -2.17. The van der Waals surface area contributed by atoms with Gasteiger partial charge in [0.15, 0.2) is 0 Å². The molecule has 1 amide bonds. The van der Waals surface area contributed by atoms with Crippen LogP contribution in [0.1, 0.15) is 26.3 Å². The largest absolute Gasteiger partial charge is 0.273 e. The quantitative estimate of drug-likeness (QED) is 0.823. The molecule has 98 valence electrons. The summed E-state index contributed by atoms with van der Waals surface area (Å²) in [6.45, 7) is 5.34. The zero-order valence-corrected chi connectivity index (χ0v) is 11.6. The predicted octanol–water partition coefficient (Wildman–Crippen LogP) is 1.95. The molecule has 0 aromatic heterocycles. The normalized spacial score (nSPS) is 21.3. The summed E-state index contributed by atoms with van der Waals surface area (Å²) < 4.78 is 25.0. The molecule has 1 saturated heterocycles. The van der Waals surface area contributed by atoms with Crippen LogP contribution in [0.25, 0.3) is 0 Å². The Balaban J connectivity index is 2.46. The number of carbonyl (C=O) groups excluding carboxylic acids is 1. The van der Waals surface area contributed by atoms with E-state index >= 15 is 0 Å². The Hall–Kier alpha value is -1.36. The first kappa shape index (κ1) is 13.1. The number of nitrogens with zero attached hydrogens (tertiary/aromatic N) is 1. The maximum Gasteiger partial charge on any atom is 0.247 e. The molecular weight excluding hydrogens is 250 g/mol. The molecule has 1 aromatic carbocycles. The maximum atomic E-state index is 12.1. The summed E-state index contributed by atoms with van der Waals surface area (Å²) in [7, 11) is -3.53. The number of benzene rings is 1. The molecule has 1 aromatic rings. The molecule has 0 atom stereocenters. The van der Waals surface area contributed by atoms with Gasteiger partial charge in [0.05, 0.1) is 16.9 Å². The summed E-state index contributed by atoms with van der Waals surface area (Å²) in [5.41, 5.74) is 0.701. The molecule has 2 rings (SSSR count). The molecule has 0 N–H and O–H groups in total. The molecule has 4 nitrogen and oxygen atoms in total. The standard InChI is InChI=1S/C13H17NO3S/c1-4-10-5-7-11(8-6-10)14-12(15)13(2,3)9-18(14,16)17/h5-8H,4,9H2,1-3H3. The van der Waals surface area contributed by atoms with Gasteiger partial charge in [-0.1, -0.05) is 19.1 Å². The highest BCUT2D eigenvalue weighted by atomic mass is 32.2. The molecule has 18 heavy (non-hydrogen) atoms. The molecule has 1 fully saturated rings. The Morgan fingerprint density at radius 3 is 2.17 bits per heavy atom. The van der Waals surface area contributed by atoms with Crippen molar-refractivity contribution in [1.29, 1.82) is 0 Å². The Bertz CT molecular complexity index is 573. The number of sulfonamides is 1. The Labute approximate surface area is 108 Å². The van der Waals surface area contributed by atoms with Gasteiger partial charge >= 0.3 is 0 Å². The second-order valence-corrected chi connectivity index (χ2v) is 7.05. The van der Waals surface area contributed by atoms with E-state index in [-0.39, 0.29) is 11.7 Å². The van der Waals surface area contributed by atoms with Crippen molar-refractivity contribution in [2.45, 2.75) is 27.2 Å². The van der Waals surface area contributed by atoms with E-state index < -0.39 is 15.4 Å². The van der Waals surface area contributed by atoms with Gasteiger partial charge in [0.2, 0.25) is 15.9 Å². The molecular formula is C13H17NO3S. The Morgan fingerprint density at radius 2 is 1.78 bits per heavy atom. The third-order valence-electron chi connectivity index (χ3n) is 3.16. The summed E-state index contributed by atoms with van der Waals surface area (Å²) in [6.07, 6.45) is 0.881. The molecule has 0 unspecified atom stereocenters. The lowest BCUT2D eigenvalue weighted by molar-refractivity contribution is -0.123. The summed E-state index contributed by atoms with van der Waals surface area (Å²) in [6, 6.07) is 7.08. The predicted molar refractivity (Wildman–Crippen MR) is 70.9 cm³/mol. The van der Waals surface area contributed by atoms with Gasteiger partial charge < -0.3 is 0 Å². The highest BCUT2D eigenvalue weighted by Crippen LogP contribution is 2.35. The van der Waals surface area contributed by atoms with Gasteiger partial charge in [-0.25, -0.2) is 12.7 Å². The van der Waals surface area contributed by atoms with Crippen molar-refractivity contribution in [3.8, 4) is 0 Å². The molecule has 1 aliphatic heterocycles. The minimum atomic E-state index is -3.53. The molecule has 1 heterocycles. The lowest BCUT2D eigenvalue weighted by Crippen LogP contribution is -2.32. The molecule has 0 radical (unpaired) electrons. The van der Waals surface area contributed by atoms with Gasteiger partial charge in [-0.2, -0.15) is 0 Å². The molecule has 0 saturated carbocycles. The van der Waals surface area contributed by atoms with E-state index in [1.54, 1.807) is 26.0 Å². The van der Waals surface area contributed by atoms with Crippen LogP contribution in [-0.4, -0.2) is 20.1 Å². The van der Waals surface area contributed by atoms with E-state index in [1.807, 2.05) is 19.1 Å². The summed E-state index contributed by atoms with van der Waals surface area (Å²) in [5.74, 6) is -0.485. The van der Waals surface area contributed by atoms with Crippen LogP contribution < -0.4 is 4.31 Å². The average molecular weight is 267 g/mol. The van der Waals surface area contributed by atoms with Crippen molar-refractivity contribution in [3.05, 3.63) is 29.8 Å². The van der Waals surface area contributed by atoms with Crippen molar-refractivity contribution < 1.29 is 13.2 Å². The topological polar surface area (TPSA) is 54.5 Å². The minimum Gasteiger partial charge on any atom is -0.273 e. The zero-order chi connectivity index (χ0) is 13.6. The fraction of sp³-hybridized carbons (Fsp3) is 0.462. The molecule has 1 aliphatic rings. The Kier molecular flexibility index (Phi) is 2.97. The van der Waals surface area contributed by atoms with Crippen LogP contribution in [0.4, 0.5) is 5.69 Å². The number of carbonyl (C=O) groups is 1. The zero-order valence-electron chi connectivity index (χ0n) is 10.8. The summed E-state index contributed by atoms with van der Waals surface area (Å²) >= 11 is 0. The maximum absolute atomic E-state index is 12.1. The second-order valence-electron chi connectivity index (χ2n) is 5.23. The van der Waals surface area contributed by atoms with Crippen LogP contribution in [-0.2, 0) is 21.2 Å². The van der Waals surface area contributed by atoms with E-state index in [4.69, 9.17) is 0 Å². The van der Waals surface area contributed by atoms with Crippen LogP contribution >= 0.6 is 0 Å². The second kappa shape index (κ2) is 4.09. The van der Waals surface area contributed by atoms with Gasteiger partial charge in [-0.05, 0) is 38.0 Å². The Morgan fingerprint density at radius 1 is 1.22 bits per heavy atom. The van der Waals surface area contributed by atoms with Crippen LogP contribution in [0.3, 0.4) is 0 Å². The van der Waals surface area contributed by atoms with Crippen LogP contribution in [0.2, 0.25) is 0 Å². The van der Waals surface area contributed by atoms with Crippen molar-refractivity contribution in [2.24, 2.45) is 5.41 Å². The molecule has 0 spiro atoms. The smallest absolute Gasteiger partial charge is 0.247 e. The van der Waals surface area contributed by atoms with E-state index in [0.29, 0.717) is 5.69 Å². The van der Waals surface area contributed by atoms with Gasteiger partial charge in [0.25, 0.3) is 0 Å². The van der Waals surface area contributed by atoms with Gasteiger partial charge in [-0.15, -0.1) is 0 Å². The van der Waals surface area contributed by atoms with Gasteiger partial charge in [-0.3, -0.25) is 4.79 Å². The van der Waals surface area contributed by atoms with Crippen molar-refractivity contribution in [3.63, 3.8) is 0 Å². The number of hydrogen-bond acceptors (Lipinski definition) is 3. The minimum absolute atomic E-state index is 0.131. The van der Waals surface area contributed by atoms with E-state index in [9.17, 15) is 13.2 Å². The number of aryl methyl sites for hydroxylation is 1. The van der Waals surface area contributed by atoms with Crippen LogP contribution in [0.5, 0.6) is 0 Å². The van der Waals surface area contributed by atoms with Gasteiger partial charge in [0.1, 0.15) is 0 Å². The van der Waals surface area contributed by atoms with Gasteiger partial charge in [0, 0.05) is 0 Å². The fourth-order valence-electron chi connectivity index (χ4n) is 2.13. The first-order valence-corrected chi connectivity index (χ1v) is 7.55. The van der Waals surface area contributed by atoms with Crippen LogP contribution in [0, 0.1) is 5.41 Å². The fourth-order valence-corrected chi connectivity index (χ4v) is 4.24. The van der Waals surface area contributed by atoms with Crippen LogP contribution in [0.15, 0.2) is 24.3 Å². The number of hydrogen-bond donors (Lipinski definition) is 0. The number of rotatable bonds is 2. The lowest BCUT2D eigenvalue weighted by atomic mass is 9.95. The summed E-state index contributed by atoms with van der Waals surface area (Å²) in [4.78, 5) is 12.1. The number of amides is 1. The third-order valence-corrected chi connectivity index (χ3v) is 5.18. The third kappa shape index (κ3) is 2.03. The highest BCUT2D eigenvalue weighted by Gasteiger charge is 2.49. The van der Waals surface area contributed by atoms with E-state index in [0.717, 1.165) is 16.3 Å². The monoisotopic (exact) mass is 267 g/mol. The van der Waals surface area contributed by atoms with E-state index in [1.165, 1.54) is 0 Å². The van der Waals surface area contributed by atoms with Crippen molar-refractivity contribution >= 4 is 21.6 Å². The highest BCUT2D eigenvalue weighted by molar-refractivity contribution is 7.94. The van der Waals surface area contributed by atoms with Crippen molar-refractivity contribution in [2.75, 3.05) is 10.1 Å². The first-order valence-electron chi connectivity index (χ1n) is 5.94. The molecule has 0 bridgehead atoms. The first-order chi connectivity index (χ1) is 8.28. The average Bonchev–Trinajstić information content (AvgIpc) is 2.44. The molecule has 5 heteroatoms. The summed E-state index contributed by atoms with van der Waals surface area (Å²) in [5, 5.41) is 0.